The van der Waals surface area contributed by atoms with Gasteiger partial charge in [0.25, 0.3) is 5.91 Å². The molecule has 0 aromatic heterocycles. The van der Waals surface area contributed by atoms with Crippen LogP contribution in [-0.4, -0.2) is 199 Å². The number of hydrogen-bond donors (Lipinski definition) is 9. The number of fused-ring (bicyclic) bond motifs is 2. The van der Waals surface area contributed by atoms with Crippen LogP contribution in [0.15, 0.2) is 0 Å². The van der Waals surface area contributed by atoms with Gasteiger partial charge >= 0.3 is 43.1 Å². The van der Waals surface area contributed by atoms with Crippen LogP contribution >= 0.6 is 0 Å². The minimum atomic E-state index is -5.67. The molecule has 6 rings (SSSR count). The van der Waals surface area contributed by atoms with E-state index in [1.54, 1.807) is 83.1 Å². The smallest absolute Gasteiger partial charge is 0.381 e. The van der Waals surface area contributed by atoms with Crippen molar-refractivity contribution in [1.82, 2.24) is 50.3 Å². The van der Waals surface area contributed by atoms with Crippen molar-refractivity contribution >= 4 is 73.3 Å². The average Bonchev–Trinajstić information content (AvgIpc) is 1.53. The summed E-state index contributed by atoms with van der Waals surface area (Å²) in [6.45, 7) is 26.8. The SMILES string of the molecule is C.CN(C[C@@H](NC(=O)N[C@H](C(=O)N1C[C@H]2[C@@H]([C@H]1C(=O)NC(CC1CCC1)C(=O)C(N)=O)C2(C)C)C(C)(C)C)C(C)(C)C)S(=O)(=O)C(F)(F)F.CN(C[C@@H](NC(=O)N[C@H](C(=O)N1C[C@H]2[C@@H]([C@H]1C(=O)NC(CC1CCC1)C(O)C(N)=O)C2(C)C)C(C)(C)C)C(C)(C)C)S(=O)(=O)C(F)(F)F. The molecule has 0 spiro atoms. The maximum atomic E-state index is 14.3. The Morgan fingerprint density at radius 1 is 0.536 bits per heavy atom. The van der Waals surface area contributed by atoms with Crippen LogP contribution in [0.2, 0.25) is 0 Å². The number of sulfonamides is 2. The Morgan fingerprint density at radius 2 is 0.866 bits per heavy atom. The zero-order valence-electron chi connectivity index (χ0n) is 58.4. The van der Waals surface area contributed by atoms with Gasteiger partial charge in [-0.15, -0.1) is 0 Å². The molecule has 97 heavy (non-hydrogen) atoms. The topological polar surface area (TPSA) is 379 Å². The first-order valence-corrected chi connectivity index (χ1v) is 35.3. The van der Waals surface area contributed by atoms with E-state index in [0.717, 1.165) is 52.6 Å². The van der Waals surface area contributed by atoms with Crippen LogP contribution in [0.5, 0.6) is 0 Å². The molecule has 13 atom stereocenters. The highest BCUT2D eigenvalue weighted by molar-refractivity contribution is 7.90. The molecule has 0 aromatic carbocycles. The van der Waals surface area contributed by atoms with E-state index >= 15 is 0 Å². The Labute approximate surface area is 567 Å². The molecule has 6 fully saturated rings. The number of aliphatic hydroxyl groups excluding tert-OH is 1. The van der Waals surface area contributed by atoms with Crippen LogP contribution in [0, 0.1) is 68.0 Å². The number of nitrogens with one attached hydrogen (secondary N) is 6. The first-order valence-electron chi connectivity index (χ1n) is 32.5. The van der Waals surface area contributed by atoms with Gasteiger partial charge in [-0.3, -0.25) is 33.6 Å². The normalized spacial score (nSPS) is 24.6. The summed E-state index contributed by atoms with van der Waals surface area (Å²) < 4.78 is 127. The standard InChI is InChI=1S/C31H53F3N6O7S.C31H51F3N6O7S.CH4/c2*1-28(2,3)19(15-39(9)48(46,47)31(32,33)34)37-27(45)38-23(29(4,5)6)26(44)40-14-17-20(30(17,7)8)21(40)25(43)36-18(22(41)24(35)42)13-16-11-10-12-16;/h16-23,41H,10-15H2,1-9H3,(H2,35,42)(H,36,43)(H2,37,38,45);16-21,23H,10-15H2,1-9H3,(H2,35,42)(H,36,43)(H2,37,38,45);1H4/t17-,18?,19+,20-,21-,22?,23+;17-,18?,19+,20-,21-,23+;/m00./s1. The number of rotatable bonds is 24. The monoisotopic (exact) mass is 1430 g/mol. The molecule has 2 saturated heterocycles. The Morgan fingerprint density at radius 3 is 1.14 bits per heavy atom. The molecule has 10 amide bonds. The first-order chi connectivity index (χ1) is 43.2. The lowest BCUT2D eigenvalue weighted by Crippen LogP contribution is -2.63. The summed E-state index contributed by atoms with van der Waals surface area (Å²) in [7, 11) is -9.80. The van der Waals surface area contributed by atoms with E-state index in [2.05, 4.69) is 31.9 Å². The molecule has 0 aromatic rings. The van der Waals surface area contributed by atoms with Crippen molar-refractivity contribution in [2.75, 3.05) is 40.3 Å². The molecule has 6 aliphatic rings. The summed E-state index contributed by atoms with van der Waals surface area (Å²) in [5, 5.41) is 26.4. The van der Waals surface area contributed by atoms with Crippen molar-refractivity contribution in [2.24, 2.45) is 79.5 Å². The second-order valence-corrected chi connectivity index (χ2v) is 36.8. The van der Waals surface area contributed by atoms with Crippen LogP contribution in [0.25, 0.3) is 0 Å². The molecule has 558 valence electrons. The number of likely N-dealkylation sites (N-methyl/N-ethyl adjacent to an activating group) is 2. The van der Waals surface area contributed by atoms with Gasteiger partial charge in [-0.05, 0) is 80.8 Å². The quantitative estimate of drug-likeness (QED) is 0.0470. The van der Waals surface area contributed by atoms with Gasteiger partial charge in [0.05, 0.1) is 12.1 Å². The zero-order valence-corrected chi connectivity index (χ0v) is 60.1. The molecule has 4 aliphatic carbocycles. The highest BCUT2D eigenvalue weighted by Gasteiger charge is 2.71. The first kappa shape index (κ1) is 83.8. The molecule has 2 aliphatic heterocycles. The van der Waals surface area contributed by atoms with E-state index in [9.17, 15) is 91.4 Å². The number of carbonyl (C=O) groups is 9. The lowest BCUT2D eigenvalue weighted by atomic mass is 9.79. The van der Waals surface area contributed by atoms with Crippen LogP contribution < -0.4 is 43.4 Å². The van der Waals surface area contributed by atoms with Crippen LogP contribution in [0.4, 0.5) is 35.9 Å². The number of ketones is 1. The van der Waals surface area contributed by atoms with Crippen LogP contribution in [-0.2, 0) is 53.6 Å². The molecule has 4 saturated carbocycles. The Kier molecular flexibility index (Phi) is 25.5. The predicted octanol–water partition coefficient (Wildman–Crippen LogP) is 4.65. The molecule has 11 N–H and O–H groups in total. The minimum Gasteiger partial charge on any atom is -0.381 e. The van der Waals surface area contributed by atoms with Gasteiger partial charge < -0.3 is 58.3 Å². The lowest BCUT2D eigenvalue weighted by Gasteiger charge is -2.39. The predicted molar refractivity (Wildman–Crippen MR) is 348 cm³/mol. The van der Waals surface area contributed by atoms with E-state index in [0.29, 0.717) is 6.42 Å². The number of Topliss-reactive ketones (excluding diaryl/α,β-unsaturated/α-hetero) is 1. The molecule has 3 unspecified atom stereocenters. The van der Waals surface area contributed by atoms with E-state index in [1.807, 2.05) is 27.7 Å². The van der Waals surface area contributed by atoms with Gasteiger partial charge in [-0.25, -0.2) is 26.4 Å². The van der Waals surface area contributed by atoms with E-state index in [1.165, 1.54) is 9.80 Å². The Hall–Kier alpha value is -5.61. The van der Waals surface area contributed by atoms with Gasteiger partial charge in [0, 0.05) is 52.4 Å². The number of hydrogen-bond acceptors (Lipinski definition) is 14. The number of likely N-dealkylation sites (tertiary alicyclic amines) is 2. The zero-order chi connectivity index (χ0) is 73.9. The number of piperidine rings is 2. The maximum absolute atomic E-state index is 14.3. The second kappa shape index (κ2) is 29.5. The number of primary amides is 2. The fourth-order valence-electron chi connectivity index (χ4n) is 13.6. The third kappa shape index (κ3) is 19.1. The molecule has 26 nitrogen and oxygen atoms in total. The molecule has 0 bridgehead atoms. The highest BCUT2D eigenvalue weighted by atomic mass is 32.2. The number of urea groups is 2. The maximum Gasteiger partial charge on any atom is 0.511 e. The number of nitrogens with two attached hydrogens (primary N) is 2. The largest absolute Gasteiger partial charge is 0.511 e. The van der Waals surface area contributed by atoms with Crippen molar-refractivity contribution < 1.29 is 91.4 Å². The van der Waals surface area contributed by atoms with Gasteiger partial charge in [-0.1, -0.05) is 157 Å². The number of halogens is 6. The fourth-order valence-corrected chi connectivity index (χ4v) is 15.0. The summed E-state index contributed by atoms with van der Waals surface area (Å²) in [6, 6.07) is -10.5. The molecular formula is C63H108F6N12O14S2. The Balaban J connectivity index is 0.000000408. The van der Waals surface area contributed by atoms with E-state index < -0.39 is 174 Å². The van der Waals surface area contributed by atoms with Gasteiger partial charge in [-0.2, -0.15) is 35.0 Å². The minimum absolute atomic E-state index is 0. The third-order valence-corrected chi connectivity index (χ3v) is 23.9. The number of nitrogens with zero attached hydrogens (tertiary/aromatic N) is 4. The molecular weight excluding hydrogens is 1330 g/mol. The summed E-state index contributed by atoms with van der Waals surface area (Å²) >= 11 is 0. The number of alkyl halides is 6. The average molecular weight is 1440 g/mol. The van der Waals surface area contributed by atoms with Crippen molar-refractivity contribution in [3.05, 3.63) is 0 Å². The van der Waals surface area contributed by atoms with Crippen LogP contribution in [0.1, 0.15) is 170 Å². The van der Waals surface area contributed by atoms with Crippen LogP contribution in [0.3, 0.4) is 0 Å². The molecule has 2 heterocycles. The van der Waals surface area contributed by atoms with Gasteiger partial charge in [0.1, 0.15) is 24.2 Å². The van der Waals surface area contributed by atoms with Crippen molar-refractivity contribution in [1.29, 1.82) is 0 Å². The van der Waals surface area contributed by atoms with Gasteiger partial charge in [0.2, 0.25) is 35.3 Å². The van der Waals surface area contributed by atoms with Gasteiger partial charge in [0.15, 0.2) is 6.10 Å². The second-order valence-electron chi connectivity index (χ2n) is 32.7. The third-order valence-electron chi connectivity index (χ3n) is 20.8. The number of amides is 10. The number of carbonyl (C=O) groups excluding carboxylic acids is 9. The summed E-state index contributed by atoms with van der Waals surface area (Å²) in [6.07, 6.45) is 4.50. The summed E-state index contributed by atoms with van der Waals surface area (Å²) in [5.74, 6) is -5.48. The van der Waals surface area contributed by atoms with Crippen molar-refractivity contribution in [2.45, 2.75) is 235 Å². The highest BCUT2D eigenvalue weighted by Crippen LogP contribution is 2.66. The molecule has 34 heteroatoms. The fraction of sp³-hybridized carbons (Fsp3) is 0.857. The Bertz CT molecular complexity index is 3170. The summed E-state index contributed by atoms with van der Waals surface area (Å²) in [4.78, 5) is 122. The van der Waals surface area contributed by atoms with Crippen molar-refractivity contribution in [3.8, 4) is 0 Å². The van der Waals surface area contributed by atoms with E-state index in [4.69, 9.17) is 11.5 Å². The summed E-state index contributed by atoms with van der Waals surface area (Å²) in [5.41, 5.74) is -4.58. The van der Waals surface area contributed by atoms with E-state index in [-0.39, 0.29) is 81.9 Å². The lowest BCUT2D eigenvalue weighted by molar-refractivity contribution is -0.145. The van der Waals surface area contributed by atoms with Crippen molar-refractivity contribution in [3.63, 3.8) is 0 Å². The molecule has 0 radical (unpaired) electrons. The number of aliphatic hydroxyl groups is 1.